The van der Waals surface area contributed by atoms with Crippen molar-refractivity contribution in [2.45, 2.75) is 85.2 Å². The summed E-state index contributed by atoms with van der Waals surface area (Å²) in [6.07, 6.45) is 7.40. The van der Waals surface area contributed by atoms with Crippen LogP contribution in [0.25, 0.3) is 0 Å². The summed E-state index contributed by atoms with van der Waals surface area (Å²) in [6, 6.07) is 0.641. The largest absolute Gasteiger partial charge is 0.388 e. The number of rotatable bonds is 8. The molecule has 132 valence electrons. The lowest BCUT2D eigenvalue weighted by Gasteiger charge is -2.35. The number of hydrogen-bond donors (Lipinski definition) is 1. The fourth-order valence-electron chi connectivity index (χ4n) is 3.41. The van der Waals surface area contributed by atoms with Crippen LogP contribution in [-0.4, -0.2) is 36.9 Å². The number of hydrogen-bond acceptors (Lipinski definition) is 4. The van der Waals surface area contributed by atoms with Gasteiger partial charge in [-0.1, -0.05) is 27.2 Å². The molecule has 0 spiro atoms. The maximum atomic E-state index is 9.53. The first-order valence-electron chi connectivity index (χ1n) is 9.08. The van der Waals surface area contributed by atoms with Gasteiger partial charge in [0, 0.05) is 19.1 Å². The fourth-order valence-corrected chi connectivity index (χ4v) is 3.71. The lowest BCUT2D eigenvalue weighted by molar-refractivity contribution is 0.0929. The van der Waals surface area contributed by atoms with E-state index in [-0.39, 0.29) is 6.61 Å². The van der Waals surface area contributed by atoms with Crippen molar-refractivity contribution in [2.24, 2.45) is 5.92 Å². The average molecular weight is 341 g/mol. The molecule has 1 atom stereocenters. The van der Waals surface area contributed by atoms with Crippen LogP contribution in [0.1, 0.15) is 65.1 Å². The highest BCUT2D eigenvalue weighted by molar-refractivity contribution is 7.71. The number of aliphatic hydroxyl groups excluding tert-OH is 1. The van der Waals surface area contributed by atoms with Gasteiger partial charge in [-0.2, -0.15) is 5.10 Å². The lowest BCUT2D eigenvalue weighted by Crippen LogP contribution is -2.41. The monoisotopic (exact) mass is 340 g/mol. The molecule has 1 unspecified atom stereocenters. The Bertz CT molecular complexity index is 537. The van der Waals surface area contributed by atoms with Crippen LogP contribution >= 0.6 is 12.2 Å². The molecule has 0 radical (unpaired) electrons. The Morgan fingerprint density at radius 1 is 1.35 bits per heavy atom. The van der Waals surface area contributed by atoms with Gasteiger partial charge in [-0.3, -0.25) is 4.90 Å². The Balaban J connectivity index is 2.11. The van der Waals surface area contributed by atoms with Gasteiger partial charge in [0.1, 0.15) is 6.61 Å². The summed E-state index contributed by atoms with van der Waals surface area (Å²) in [6.45, 7) is 9.36. The zero-order valence-electron chi connectivity index (χ0n) is 14.9. The van der Waals surface area contributed by atoms with Gasteiger partial charge in [0.25, 0.3) is 0 Å². The zero-order valence-corrected chi connectivity index (χ0v) is 15.7. The van der Waals surface area contributed by atoms with Gasteiger partial charge in [0.2, 0.25) is 0 Å². The van der Waals surface area contributed by atoms with E-state index in [1.54, 1.807) is 0 Å². The van der Waals surface area contributed by atoms with Crippen molar-refractivity contribution in [3.8, 4) is 0 Å². The molecule has 1 fully saturated rings. The van der Waals surface area contributed by atoms with Crippen LogP contribution in [0.5, 0.6) is 0 Å². The van der Waals surface area contributed by atoms with E-state index in [1.165, 1.54) is 32.1 Å². The number of piperidine rings is 1. The molecule has 1 N–H and O–H groups in total. The molecule has 0 amide bonds. The van der Waals surface area contributed by atoms with Gasteiger partial charge in [0.05, 0.1) is 6.67 Å². The Morgan fingerprint density at radius 3 is 2.78 bits per heavy atom. The minimum atomic E-state index is -0.0482. The Morgan fingerprint density at radius 2 is 2.13 bits per heavy atom. The molecule has 0 aliphatic carbocycles. The van der Waals surface area contributed by atoms with Gasteiger partial charge in [0.15, 0.2) is 10.6 Å². The summed E-state index contributed by atoms with van der Waals surface area (Å²) >= 11 is 5.58. The third-order valence-corrected chi connectivity index (χ3v) is 5.16. The lowest BCUT2D eigenvalue weighted by atomic mass is 9.95. The minimum Gasteiger partial charge on any atom is -0.388 e. The molecule has 0 bridgehead atoms. The van der Waals surface area contributed by atoms with Crippen LogP contribution in [0.15, 0.2) is 0 Å². The Hall–Kier alpha value is -0.720. The summed E-state index contributed by atoms with van der Waals surface area (Å²) in [5.74, 6) is 1.44. The summed E-state index contributed by atoms with van der Waals surface area (Å²) in [7, 11) is 0. The molecule has 6 heteroatoms. The van der Waals surface area contributed by atoms with Crippen molar-refractivity contribution in [1.29, 1.82) is 0 Å². The van der Waals surface area contributed by atoms with Crippen molar-refractivity contribution in [2.75, 3.05) is 6.54 Å². The molecule has 2 heterocycles. The van der Waals surface area contributed by atoms with Gasteiger partial charge >= 0.3 is 0 Å². The molecule has 0 saturated carbocycles. The molecule has 1 saturated heterocycles. The van der Waals surface area contributed by atoms with Gasteiger partial charge in [-0.25, -0.2) is 4.68 Å². The minimum absolute atomic E-state index is 0.0482. The number of likely N-dealkylation sites (tertiary alicyclic amines) is 1. The molecule has 1 aromatic heterocycles. The predicted octanol–water partition coefficient (Wildman–Crippen LogP) is 3.56. The van der Waals surface area contributed by atoms with E-state index in [9.17, 15) is 5.11 Å². The number of nitrogens with zero attached hydrogens (tertiary/aromatic N) is 4. The molecule has 1 aromatic rings. The van der Waals surface area contributed by atoms with E-state index in [4.69, 9.17) is 12.2 Å². The van der Waals surface area contributed by atoms with Crippen molar-refractivity contribution in [3.63, 3.8) is 0 Å². The maximum absolute atomic E-state index is 9.53. The number of aromatic nitrogens is 3. The first-order valence-corrected chi connectivity index (χ1v) is 9.49. The predicted molar refractivity (Wildman–Crippen MR) is 95.7 cm³/mol. The van der Waals surface area contributed by atoms with E-state index < -0.39 is 0 Å². The van der Waals surface area contributed by atoms with Crippen molar-refractivity contribution < 1.29 is 5.11 Å². The topological polar surface area (TPSA) is 46.2 Å². The molecular weight excluding hydrogens is 308 g/mol. The summed E-state index contributed by atoms with van der Waals surface area (Å²) in [4.78, 5) is 2.53. The highest BCUT2D eigenvalue weighted by atomic mass is 32.1. The Kier molecular flexibility index (Phi) is 7.24. The highest BCUT2D eigenvalue weighted by Gasteiger charge is 2.23. The highest BCUT2D eigenvalue weighted by Crippen LogP contribution is 2.23. The van der Waals surface area contributed by atoms with Gasteiger partial charge in [-0.15, -0.1) is 0 Å². The van der Waals surface area contributed by atoms with Crippen LogP contribution in [0.2, 0.25) is 0 Å². The molecule has 0 aromatic carbocycles. The molecule has 1 aliphatic heterocycles. The molecule has 5 nitrogen and oxygen atoms in total. The molecular formula is C17H32N4OS. The second-order valence-electron chi connectivity index (χ2n) is 7.08. The first-order chi connectivity index (χ1) is 11.1. The van der Waals surface area contributed by atoms with Gasteiger partial charge < -0.3 is 9.67 Å². The normalized spacial score (nSPS) is 19.6. The van der Waals surface area contributed by atoms with Crippen LogP contribution in [0, 0.1) is 10.7 Å². The smallest absolute Gasteiger partial charge is 0.199 e. The molecule has 1 aliphatic rings. The SMILES string of the molecule is CCCn1c(CO)nn(CN2CCCCC2CCC(C)C)c1=S. The maximum Gasteiger partial charge on any atom is 0.199 e. The van der Waals surface area contributed by atoms with E-state index in [1.807, 2.05) is 9.25 Å². The van der Waals surface area contributed by atoms with Crippen molar-refractivity contribution >= 4 is 12.2 Å². The van der Waals surface area contributed by atoms with Crippen LogP contribution < -0.4 is 0 Å². The van der Waals surface area contributed by atoms with Crippen LogP contribution in [-0.2, 0) is 19.8 Å². The second kappa shape index (κ2) is 8.94. The van der Waals surface area contributed by atoms with E-state index in [0.717, 1.165) is 36.9 Å². The third-order valence-electron chi connectivity index (χ3n) is 4.73. The molecule has 2 rings (SSSR count). The third kappa shape index (κ3) is 4.88. The second-order valence-corrected chi connectivity index (χ2v) is 7.45. The first kappa shape index (κ1) is 18.6. The summed E-state index contributed by atoms with van der Waals surface area (Å²) < 4.78 is 4.62. The van der Waals surface area contributed by atoms with Crippen molar-refractivity contribution in [3.05, 3.63) is 10.6 Å². The van der Waals surface area contributed by atoms with E-state index in [2.05, 4.69) is 30.8 Å². The molecule has 23 heavy (non-hydrogen) atoms. The quantitative estimate of drug-likeness (QED) is 0.735. The standard InChI is InChI=1S/C17H32N4OS/c1-4-10-20-16(12-22)18-21(17(20)23)13-19-11-6-5-7-15(19)9-8-14(2)3/h14-15,22H,4-13H2,1-3H3. The van der Waals surface area contributed by atoms with E-state index in [0.29, 0.717) is 11.9 Å². The van der Waals surface area contributed by atoms with Crippen molar-refractivity contribution in [1.82, 2.24) is 19.2 Å². The van der Waals surface area contributed by atoms with Crippen LogP contribution in [0.3, 0.4) is 0 Å². The van der Waals surface area contributed by atoms with Crippen LogP contribution in [0.4, 0.5) is 0 Å². The summed E-state index contributed by atoms with van der Waals surface area (Å²) in [5, 5.41) is 14.1. The fraction of sp³-hybridized carbons (Fsp3) is 0.882. The Labute approximate surface area is 145 Å². The zero-order chi connectivity index (χ0) is 16.8. The number of aliphatic hydroxyl groups is 1. The van der Waals surface area contributed by atoms with Gasteiger partial charge in [-0.05, 0) is 50.2 Å². The van der Waals surface area contributed by atoms with E-state index >= 15 is 0 Å². The summed E-state index contributed by atoms with van der Waals surface area (Å²) in [5.41, 5.74) is 0. The average Bonchev–Trinajstić information content (AvgIpc) is 2.83.